The Morgan fingerprint density at radius 3 is 2.45 bits per heavy atom. The Labute approximate surface area is 127 Å². The van der Waals surface area contributed by atoms with Gasteiger partial charge in [0.25, 0.3) is 0 Å². The smallest absolute Gasteiger partial charge is 0.0701 e. The summed E-state index contributed by atoms with van der Waals surface area (Å²) in [4.78, 5) is 0. The van der Waals surface area contributed by atoms with Gasteiger partial charge in [-0.05, 0) is 73.7 Å². The van der Waals surface area contributed by atoms with Crippen molar-refractivity contribution in [2.75, 3.05) is 18.1 Å². The molecule has 4 unspecified atom stereocenters. The normalized spacial score (nSPS) is 44.9. The van der Waals surface area contributed by atoms with E-state index in [2.05, 4.69) is 11.8 Å². The first kappa shape index (κ1) is 13.9. The molecule has 2 aliphatic carbocycles. The lowest BCUT2D eigenvalue weighted by atomic mass is 9.78. The molecule has 3 heteroatoms. The topological polar surface area (TPSA) is 29.5 Å². The van der Waals surface area contributed by atoms with Crippen LogP contribution >= 0.6 is 11.8 Å². The van der Waals surface area contributed by atoms with Crippen LogP contribution < -0.4 is 0 Å². The molecule has 20 heavy (non-hydrogen) atoms. The molecule has 0 aromatic carbocycles. The van der Waals surface area contributed by atoms with Crippen molar-refractivity contribution in [3.8, 4) is 0 Å². The number of aliphatic hydroxyl groups is 1. The fraction of sp³-hybridized carbons (Fsp3) is 1.00. The van der Waals surface area contributed by atoms with E-state index < -0.39 is 0 Å². The van der Waals surface area contributed by atoms with E-state index in [0.717, 1.165) is 31.3 Å². The van der Waals surface area contributed by atoms with Crippen molar-refractivity contribution in [2.24, 2.45) is 23.7 Å². The minimum atomic E-state index is -0.0292. The molecule has 4 fully saturated rings. The monoisotopic (exact) mass is 296 g/mol. The summed E-state index contributed by atoms with van der Waals surface area (Å²) in [6, 6.07) is 0. The largest absolute Gasteiger partial charge is 0.393 e. The average molecular weight is 296 g/mol. The third-order valence-electron chi connectivity index (χ3n) is 6.54. The quantitative estimate of drug-likeness (QED) is 0.846. The molecule has 0 amide bonds. The highest BCUT2D eigenvalue weighted by molar-refractivity contribution is 7.99. The van der Waals surface area contributed by atoms with Crippen LogP contribution in [-0.4, -0.2) is 34.9 Å². The Balaban J connectivity index is 1.40. The Hall–Kier alpha value is 0.270. The fourth-order valence-corrected chi connectivity index (χ4v) is 6.55. The first-order valence-corrected chi connectivity index (χ1v) is 9.84. The van der Waals surface area contributed by atoms with Crippen LogP contribution in [0.2, 0.25) is 0 Å². The highest BCUT2D eigenvalue weighted by Gasteiger charge is 2.56. The van der Waals surface area contributed by atoms with E-state index >= 15 is 0 Å². The van der Waals surface area contributed by atoms with E-state index in [4.69, 9.17) is 4.74 Å². The second-order valence-electron chi connectivity index (χ2n) is 7.58. The first-order valence-electron chi connectivity index (χ1n) is 8.69. The van der Waals surface area contributed by atoms with Crippen LogP contribution in [0.15, 0.2) is 0 Å². The van der Waals surface area contributed by atoms with Crippen LogP contribution in [0.5, 0.6) is 0 Å². The van der Waals surface area contributed by atoms with Crippen molar-refractivity contribution in [2.45, 2.75) is 63.1 Å². The van der Waals surface area contributed by atoms with Crippen LogP contribution in [0.25, 0.3) is 0 Å². The summed E-state index contributed by atoms with van der Waals surface area (Å²) in [5.74, 6) is 5.41. The minimum Gasteiger partial charge on any atom is -0.393 e. The minimum absolute atomic E-state index is 0.0292. The molecule has 4 atom stereocenters. The second kappa shape index (κ2) is 5.48. The van der Waals surface area contributed by atoms with Crippen molar-refractivity contribution >= 4 is 11.8 Å². The molecule has 2 saturated heterocycles. The van der Waals surface area contributed by atoms with Gasteiger partial charge in [0.2, 0.25) is 0 Å². The maximum Gasteiger partial charge on any atom is 0.0701 e. The Bertz CT molecular complexity index is 335. The molecular formula is C17H28O2S. The molecule has 0 bridgehead atoms. The van der Waals surface area contributed by atoms with Crippen molar-refractivity contribution in [1.29, 1.82) is 0 Å². The number of hydrogen-bond acceptors (Lipinski definition) is 3. The van der Waals surface area contributed by atoms with Gasteiger partial charge in [0.1, 0.15) is 0 Å². The number of hydrogen-bond donors (Lipinski definition) is 1. The molecular weight excluding hydrogens is 268 g/mol. The molecule has 114 valence electrons. The highest BCUT2D eigenvalue weighted by Crippen LogP contribution is 2.59. The number of fused-ring (bicyclic) bond motifs is 1. The van der Waals surface area contributed by atoms with Crippen molar-refractivity contribution in [3.63, 3.8) is 0 Å². The Morgan fingerprint density at radius 2 is 1.75 bits per heavy atom. The van der Waals surface area contributed by atoms with E-state index in [0.29, 0.717) is 11.8 Å². The van der Waals surface area contributed by atoms with E-state index in [9.17, 15) is 5.11 Å². The van der Waals surface area contributed by atoms with Crippen molar-refractivity contribution in [3.05, 3.63) is 0 Å². The summed E-state index contributed by atoms with van der Waals surface area (Å²) in [5.41, 5.74) is 0.134. The maximum absolute atomic E-state index is 10.9. The number of aliphatic hydroxyl groups excluding tert-OH is 1. The van der Waals surface area contributed by atoms with Crippen LogP contribution in [0.4, 0.5) is 0 Å². The van der Waals surface area contributed by atoms with Gasteiger partial charge >= 0.3 is 0 Å². The summed E-state index contributed by atoms with van der Waals surface area (Å²) in [6.45, 7) is 0.883. The summed E-state index contributed by atoms with van der Waals surface area (Å²) < 4.78 is 6.18. The maximum atomic E-state index is 10.9. The molecule has 4 aliphatic rings. The predicted octanol–water partition coefficient (Wildman–Crippen LogP) is 3.48. The zero-order chi connectivity index (χ0) is 13.6. The summed E-state index contributed by atoms with van der Waals surface area (Å²) in [7, 11) is 0. The van der Waals surface area contributed by atoms with Crippen LogP contribution in [-0.2, 0) is 4.74 Å². The number of thioether (sulfide) groups is 1. The van der Waals surface area contributed by atoms with Crippen molar-refractivity contribution in [1.82, 2.24) is 0 Å². The molecule has 0 aromatic rings. The summed E-state index contributed by atoms with van der Waals surface area (Å²) in [6.07, 6.45) is 10.2. The van der Waals surface area contributed by atoms with E-state index in [1.54, 1.807) is 0 Å². The van der Waals surface area contributed by atoms with Gasteiger partial charge in [0.15, 0.2) is 0 Å². The van der Waals surface area contributed by atoms with Gasteiger partial charge in [-0.25, -0.2) is 0 Å². The summed E-state index contributed by atoms with van der Waals surface area (Å²) >= 11 is 2.06. The lowest BCUT2D eigenvalue weighted by Crippen LogP contribution is -2.46. The second-order valence-corrected chi connectivity index (χ2v) is 8.80. The van der Waals surface area contributed by atoms with Crippen LogP contribution in [0, 0.1) is 23.7 Å². The van der Waals surface area contributed by atoms with Crippen molar-refractivity contribution < 1.29 is 9.84 Å². The SMILES string of the molecule is OC(C1CCOC2(CCSCC2)C1)C1C2CCCCC21. The molecule has 1 N–H and O–H groups in total. The Morgan fingerprint density at radius 1 is 1.05 bits per heavy atom. The van der Waals surface area contributed by atoms with E-state index in [1.807, 2.05) is 0 Å². The summed E-state index contributed by atoms with van der Waals surface area (Å²) in [5, 5.41) is 10.9. The van der Waals surface area contributed by atoms with Gasteiger partial charge in [0.05, 0.1) is 11.7 Å². The van der Waals surface area contributed by atoms with Gasteiger partial charge < -0.3 is 9.84 Å². The van der Waals surface area contributed by atoms with Gasteiger partial charge in [-0.2, -0.15) is 11.8 Å². The lowest BCUT2D eigenvalue weighted by Gasteiger charge is -2.44. The van der Waals surface area contributed by atoms with E-state index in [-0.39, 0.29) is 11.7 Å². The molecule has 0 aromatic heterocycles. The highest BCUT2D eigenvalue weighted by atomic mass is 32.2. The molecule has 2 aliphatic heterocycles. The van der Waals surface area contributed by atoms with Gasteiger partial charge in [-0.1, -0.05) is 12.8 Å². The molecule has 4 rings (SSSR count). The average Bonchev–Trinajstić information content (AvgIpc) is 3.22. The number of ether oxygens (including phenoxy) is 1. The van der Waals surface area contributed by atoms with Gasteiger partial charge in [0, 0.05) is 6.61 Å². The third-order valence-corrected chi connectivity index (χ3v) is 7.52. The van der Waals surface area contributed by atoms with Gasteiger partial charge in [-0.3, -0.25) is 0 Å². The molecule has 1 spiro atoms. The number of rotatable bonds is 2. The standard InChI is InChI=1S/C17H28O2S/c18-16(15-13-3-1-2-4-14(13)15)12-5-8-19-17(11-12)6-9-20-10-7-17/h12-16,18H,1-11H2. The van der Waals surface area contributed by atoms with E-state index in [1.165, 1.54) is 50.0 Å². The molecule has 2 heterocycles. The van der Waals surface area contributed by atoms with Gasteiger partial charge in [-0.15, -0.1) is 0 Å². The molecule has 0 radical (unpaired) electrons. The lowest BCUT2D eigenvalue weighted by molar-refractivity contribution is -0.123. The zero-order valence-electron chi connectivity index (χ0n) is 12.4. The predicted molar refractivity (Wildman–Crippen MR) is 82.9 cm³/mol. The molecule has 2 saturated carbocycles. The third kappa shape index (κ3) is 2.44. The zero-order valence-corrected chi connectivity index (χ0v) is 13.2. The Kier molecular flexibility index (Phi) is 3.81. The fourth-order valence-electron chi connectivity index (χ4n) is 5.32. The van der Waals surface area contributed by atoms with Crippen LogP contribution in [0.1, 0.15) is 51.4 Å². The first-order chi connectivity index (χ1) is 9.79. The molecule has 2 nitrogen and oxygen atoms in total. The van der Waals surface area contributed by atoms with Crippen LogP contribution in [0.3, 0.4) is 0 Å².